The van der Waals surface area contributed by atoms with E-state index in [0.717, 1.165) is 37.8 Å². The van der Waals surface area contributed by atoms with E-state index < -0.39 is 0 Å². The second-order valence-electron chi connectivity index (χ2n) is 7.68. The summed E-state index contributed by atoms with van der Waals surface area (Å²) in [5, 5.41) is 0. The Balaban J connectivity index is 1.54. The molecule has 2 amide bonds. The van der Waals surface area contributed by atoms with Crippen LogP contribution in [0.15, 0.2) is 29.2 Å². The van der Waals surface area contributed by atoms with Crippen LogP contribution in [0.2, 0.25) is 0 Å². The maximum absolute atomic E-state index is 12.8. The Labute approximate surface area is 183 Å². The maximum atomic E-state index is 12.8. The van der Waals surface area contributed by atoms with Gasteiger partial charge in [-0.2, -0.15) is 0 Å². The molecule has 6 heteroatoms. The van der Waals surface area contributed by atoms with E-state index in [1.807, 2.05) is 23.1 Å². The van der Waals surface area contributed by atoms with Crippen molar-refractivity contribution in [3.8, 4) is 0 Å². The fourth-order valence-electron chi connectivity index (χ4n) is 3.98. The average molecular weight is 431 g/mol. The number of rotatable bonds is 7. The summed E-state index contributed by atoms with van der Waals surface area (Å²) in [6, 6.07) is 8.62. The van der Waals surface area contributed by atoms with Gasteiger partial charge in [-0.3, -0.25) is 14.5 Å². The normalized spacial score (nSPS) is 21.3. The van der Waals surface area contributed by atoms with E-state index in [1.54, 1.807) is 4.90 Å². The molecule has 2 saturated heterocycles. The van der Waals surface area contributed by atoms with Crippen LogP contribution < -0.4 is 0 Å². The Morgan fingerprint density at radius 1 is 1.24 bits per heavy atom. The molecular weight excluding hydrogens is 400 g/mol. The van der Waals surface area contributed by atoms with Crippen molar-refractivity contribution in [3.05, 3.63) is 40.3 Å². The van der Waals surface area contributed by atoms with Gasteiger partial charge in [0.15, 0.2) is 0 Å². The number of carbonyl (C=O) groups excluding carboxylic acids is 2. The molecule has 3 rings (SSSR count). The highest BCUT2D eigenvalue weighted by molar-refractivity contribution is 8.26. The van der Waals surface area contributed by atoms with Gasteiger partial charge in [-0.25, -0.2) is 0 Å². The summed E-state index contributed by atoms with van der Waals surface area (Å²) in [4.78, 5) is 29.8. The molecule has 0 N–H and O–H groups in total. The summed E-state index contributed by atoms with van der Waals surface area (Å²) in [5.41, 5.74) is 2.28. The maximum Gasteiger partial charge on any atom is 0.266 e. The third-order valence-corrected chi connectivity index (χ3v) is 7.13. The van der Waals surface area contributed by atoms with Crippen molar-refractivity contribution in [3.63, 3.8) is 0 Å². The largest absolute Gasteiger partial charge is 0.340 e. The van der Waals surface area contributed by atoms with Gasteiger partial charge >= 0.3 is 0 Å². The number of nitrogens with zero attached hydrogens (tertiary/aromatic N) is 2. The summed E-state index contributed by atoms with van der Waals surface area (Å²) in [6.07, 6.45) is 8.47. The number of piperidine rings is 1. The lowest BCUT2D eigenvalue weighted by atomic mass is 9.99. The minimum absolute atomic E-state index is 0.0450. The molecule has 1 aromatic carbocycles. The fourth-order valence-corrected chi connectivity index (χ4v) is 5.29. The molecule has 0 unspecified atom stereocenters. The topological polar surface area (TPSA) is 40.6 Å². The third-order valence-electron chi connectivity index (χ3n) is 5.75. The van der Waals surface area contributed by atoms with Crippen molar-refractivity contribution in [1.82, 2.24) is 9.80 Å². The van der Waals surface area contributed by atoms with Gasteiger partial charge in [0, 0.05) is 25.6 Å². The van der Waals surface area contributed by atoms with Crippen LogP contribution >= 0.6 is 24.0 Å². The van der Waals surface area contributed by atoms with Crippen molar-refractivity contribution in [2.24, 2.45) is 0 Å². The van der Waals surface area contributed by atoms with Gasteiger partial charge in [0.1, 0.15) is 4.32 Å². The van der Waals surface area contributed by atoms with Crippen molar-refractivity contribution in [2.45, 2.75) is 64.8 Å². The Morgan fingerprint density at radius 3 is 2.69 bits per heavy atom. The summed E-state index contributed by atoms with van der Waals surface area (Å²) in [5.74, 6) is 0.171. The number of aryl methyl sites for hydroxylation is 1. The van der Waals surface area contributed by atoms with Gasteiger partial charge in [0.05, 0.1) is 4.91 Å². The van der Waals surface area contributed by atoms with Crippen LogP contribution in [-0.2, 0) is 16.0 Å². The highest BCUT2D eigenvalue weighted by atomic mass is 32.2. The molecule has 0 saturated carbocycles. The van der Waals surface area contributed by atoms with E-state index >= 15 is 0 Å². The third kappa shape index (κ3) is 5.48. The molecule has 156 valence electrons. The first-order valence-corrected chi connectivity index (χ1v) is 11.9. The van der Waals surface area contributed by atoms with Gasteiger partial charge < -0.3 is 4.90 Å². The number of thioether (sulfide) groups is 1. The fraction of sp³-hybridized carbons (Fsp3) is 0.522. The van der Waals surface area contributed by atoms with Gasteiger partial charge in [-0.1, -0.05) is 62.1 Å². The Morgan fingerprint density at radius 2 is 2.00 bits per heavy atom. The van der Waals surface area contributed by atoms with E-state index in [4.69, 9.17) is 12.2 Å². The van der Waals surface area contributed by atoms with E-state index in [2.05, 4.69) is 26.0 Å². The molecule has 2 aliphatic heterocycles. The molecule has 0 aromatic heterocycles. The molecule has 2 fully saturated rings. The average Bonchev–Trinajstić information content (AvgIpc) is 3.01. The van der Waals surface area contributed by atoms with Gasteiger partial charge in [0.2, 0.25) is 5.91 Å². The molecule has 0 aliphatic carbocycles. The Hall–Kier alpha value is -1.66. The number of hydrogen-bond donors (Lipinski definition) is 0. The van der Waals surface area contributed by atoms with Crippen molar-refractivity contribution in [1.29, 1.82) is 0 Å². The van der Waals surface area contributed by atoms with Crippen LogP contribution in [0.5, 0.6) is 0 Å². The molecule has 1 atom stereocenters. The van der Waals surface area contributed by atoms with E-state index in [1.165, 1.54) is 23.7 Å². The first-order valence-electron chi connectivity index (χ1n) is 10.7. The van der Waals surface area contributed by atoms with Crippen molar-refractivity contribution in [2.75, 3.05) is 13.1 Å². The van der Waals surface area contributed by atoms with Crippen LogP contribution in [0.25, 0.3) is 6.08 Å². The Kier molecular flexibility index (Phi) is 7.90. The van der Waals surface area contributed by atoms with E-state index in [9.17, 15) is 9.59 Å². The minimum Gasteiger partial charge on any atom is -0.340 e. The van der Waals surface area contributed by atoms with Gasteiger partial charge in [-0.15, -0.1) is 0 Å². The van der Waals surface area contributed by atoms with Crippen LogP contribution in [0.1, 0.15) is 63.5 Å². The molecule has 4 nitrogen and oxygen atoms in total. The zero-order chi connectivity index (χ0) is 20.8. The number of carbonyl (C=O) groups is 2. The summed E-state index contributed by atoms with van der Waals surface area (Å²) >= 11 is 6.78. The molecule has 0 radical (unpaired) electrons. The Bertz CT molecular complexity index is 789. The standard InChI is InChI=1S/C23H30N2O2S2/c1-3-17-10-12-18(13-11-17)16-20-22(27)25(23(28)29-20)15-7-9-21(26)24-14-6-5-8-19(24)4-2/h10-13,16,19H,3-9,14-15H2,1-2H3/b20-16-/t19-/m1/s1. The van der Waals surface area contributed by atoms with Crippen LogP contribution in [0, 0.1) is 0 Å². The number of benzene rings is 1. The number of hydrogen-bond acceptors (Lipinski definition) is 4. The predicted octanol–water partition coefficient (Wildman–Crippen LogP) is 5.02. The first-order chi connectivity index (χ1) is 14.0. The van der Waals surface area contributed by atoms with E-state index in [-0.39, 0.29) is 11.8 Å². The predicted molar refractivity (Wildman–Crippen MR) is 125 cm³/mol. The van der Waals surface area contributed by atoms with Crippen molar-refractivity contribution < 1.29 is 9.59 Å². The number of thiocarbonyl (C=S) groups is 1. The second-order valence-corrected chi connectivity index (χ2v) is 9.35. The van der Waals surface area contributed by atoms with Crippen LogP contribution in [-0.4, -0.2) is 45.1 Å². The molecule has 2 heterocycles. The second kappa shape index (κ2) is 10.4. The van der Waals surface area contributed by atoms with Gasteiger partial charge in [-0.05, 0) is 55.7 Å². The van der Waals surface area contributed by atoms with Crippen LogP contribution in [0.3, 0.4) is 0 Å². The quantitative estimate of drug-likeness (QED) is 0.450. The first kappa shape index (κ1) is 22.0. The molecule has 1 aromatic rings. The number of amides is 2. The minimum atomic E-state index is -0.0450. The van der Waals surface area contributed by atoms with Gasteiger partial charge in [0.25, 0.3) is 5.91 Å². The lowest BCUT2D eigenvalue weighted by molar-refractivity contribution is -0.135. The number of likely N-dealkylation sites (tertiary alicyclic amines) is 1. The van der Waals surface area contributed by atoms with Crippen LogP contribution in [0.4, 0.5) is 0 Å². The summed E-state index contributed by atoms with van der Waals surface area (Å²) in [6.45, 7) is 5.65. The molecular formula is C23H30N2O2S2. The summed E-state index contributed by atoms with van der Waals surface area (Å²) in [7, 11) is 0. The molecule has 2 aliphatic rings. The zero-order valence-corrected chi connectivity index (χ0v) is 19.0. The smallest absolute Gasteiger partial charge is 0.266 e. The monoisotopic (exact) mass is 430 g/mol. The lowest BCUT2D eigenvalue weighted by Crippen LogP contribution is -2.43. The SMILES string of the molecule is CCc1ccc(/C=C2\SC(=S)N(CCCC(=O)N3CCCC[C@H]3CC)C2=O)cc1. The molecule has 0 bridgehead atoms. The highest BCUT2D eigenvalue weighted by Crippen LogP contribution is 2.33. The zero-order valence-electron chi connectivity index (χ0n) is 17.4. The molecule has 29 heavy (non-hydrogen) atoms. The molecule has 0 spiro atoms. The summed E-state index contributed by atoms with van der Waals surface area (Å²) < 4.78 is 0.586. The van der Waals surface area contributed by atoms with E-state index in [0.29, 0.717) is 34.7 Å². The highest BCUT2D eigenvalue weighted by Gasteiger charge is 2.32. The lowest BCUT2D eigenvalue weighted by Gasteiger charge is -2.35. The van der Waals surface area contributed by atoms with Crippen molar-refractivity contribution >= 4 is 46.2 Å².